The lowest BCUT2D eigenvalue weighted by Crippen LogP contribution is -2.55. The number of amides is 2. The number of pyridine rings is 1. The smallest absolute Gasteiger partial charge is 0.407 e. The van der Waals surface area contributed by atoms with Gasteiger partial charge in [0.1, 0.15) is 6.04 Å². The molecule has 2 unspecified atom stereocenters. The van der Waals surface area contributed by atoms with Gasteiger partial charge in [-0.25, -0.2) is 9.80 Å². The minimum atomic E-state index is -0.879. The Morgan fingerprint density at radius 2 is 1.88 bits per heavy atom. The van der Waals surface area contributed by atoms with Crippen LogP contribution in [0.3, 0.4) is 0 Å². The molecule has 0 aliphatic rings. The summed E-state index contributed by atoms with van der Waals surface area (Å²) in [7, 11) is 1.23. The van der Waals surface area contributed by atoms with Gasteiger partial charge in [0.15, 0.2) is 0 Å². The number of hydrazine groups is 1. The molecule has 0 bridgehead atoms. The molecule has 0 aliphatic heterocycles. The lowest BCUT2D eigenvalue weighted by atomic mass is 9.86. The van der Waals surface area contributed by atoms with Crippen molar-refractivity contribution in [2.75, 3.05) is 20.2 Å². The SMILES string of the molecule is COC(=O)NC(C(=O)NCC(O)CN(N)Cc1ccc(-c2ccccn2)cc1)C(C)(C)C. The first-order valence-electron chi connectivity index (χ1n) is 10.4. The van der Waals surface area contributed by atoms with Crippen molar-refractivity contribution in [3.05, 3.63) is 54.2 Å². The molecule has 1 heterocycles. The van der Waals surface area contributed by atoms with Crippen molar-refractivity contribution >= 4 is 12.0 Å². The van der Waals surface area contributed by atoms with Crippen molar-refractivity contribution < 1.29 is 19.4 Å². The molecule has 1 aromatic heterocycles. The highest BCUT2D eigenvalue weighted by Gasteiger charge is 2.33. The van der Waals surface area contributed by atoms with E-state index >= 15 is 0 Å². The number of ether oxygens (including phenoxy) is 1. The molecule has 0 spiro atoms. The average Bonchev–Trinajstić information content (AvgIpc) is 2.75. The second kappa shape index (κ2) is 11.6. The minimum absolute atomic E-state index is 0.000576. The molecule has 5 N–H and O–H groups in total. The van der Waals surface area contributed by atoms with Crippen LogP contribution in [0.4, 0.5) is 4.79 Å². The number of carbonyl (C=O) groups is 2. The molecule has 0 radical (unpaired) electrons. The van der Waals surface area contributed by atoms with Crippen molar-refractivity contribution in [1.82, 2.24) is 20.6 Å². The summed E-state index contributed by atoms with van der Waals surface area (Å²) < 4.78 is 4.59. The van der Waals surface area contributed by atoms with E-state index < -0.39 is 29.6 Å². The first-order valence-corrected chi connectivity index (χ1v) is 10.4. The third kappa shape index (κ3) is 7.92. The van der Waals surface area contributed by atoms with Crippen molar-refractivity contribution in [3.63, 3.8) is 0 Å². The fourth-order valence-electron chi connectivity index (χ4n) is 3.12. The van der Waals surface area contributed by atoms with Crippen molar-refractivity contribution in [2.24, 2.45) is 11.3 Å². The molecule has 0 fully saturated rings. The van der Waals surface area contributed by atoms with Crippen LogP contribution in [0.2, 0.25) is 0 Å². The summed E-state index contributed by atoms with van der Waals surface area (Å²) in [5.74, 6) is 5.64. The summed E-state index contributed by atoms with van der Waals surface area (Å²) >= 11 is 0. The van der Waals surface area contributed by atoms with Crippen LogP contribution in [-0.4, -0.2) is 59.4 Å². The van der Waals surface area contributed by atoms with Gasteiger partial charge in [-0.2, -0.15) is 0 Å². The number of aromatic nitrogens is 1. The number of aliphatic hydroxyl groups is 1. The monoisotopic (exact) mass is 443 g/mol. The zero-order chi connectivity index (χ0) is 23.7. The van der Waals surface area contributed by atoms with Gasteiger partial charge in [-0.1, -0.05) is 51.1 Å². The molecular formula is C23H33N5O4. The number of benzene rings is 1. The van der Waals surface area contributed by atoms with Crippen LogP contribution in [0, 0.1) is 5.41 Å². The predicted molar refractivity (Wildman–Crippen MR) is 122 cm³/mol. The molecule has 32 heavy (non-hydrogen) atoms. The Labute approximate surface area is 188 Å². The van der Waals surface area contributed by atoms with Gasteiger partial charge >= 0.3 is 6.09 Å². The first kappa shape index (κ1) is 25.3. The standard InChI is InChI=1S/C23H33N5O4/c1-23(2,3)20(27-22(31)32-4)21(30)26-13-18(29)15-28(24)14-16-8-10-17(11-9-16)19-7-5-6-12-25-19/h5-12,18,20,29H,13-15,24H2,1-4H3,(H,26,30)(H,27,31). The number of methoxy groups -OCH3 is 1. The zero-order valence-corrected chi connectivity index (χ0v) is 19.0. The maximum Gasteiger partial charge on any atom is 0.407 e. The van der Waals surface area contributed by atoms with Gasteiger partial charge in [-0.05, 0) is 23.1 Å². The van der Waals surface area contributed by atoms with E-state index in [1.807, 2.05) is 63.2 Å². The van der Waals surface area contributed by atoms with Gasteiger partial charge in [0, 0.05) is 31.4 Å². The molecule has 2 atom stereocenters. The van der Waals surface area contributed by atoms with Gasteiger partial charge in [0.05, 0.1) is 18.9 Å². The summed E-state index contributed by atoms with van der Waals surface area (Å²) in [5, 5.41) is 17.0. The van der Waals surface area contributed by atoms with Gasteiger partial charge < -0.3 is 20.5 Å². The fourth-order valence-corrected chi connectivity index (χ4v) is 3.12. The topological polar surface area (TPSA) is 130 Å². The number of hydrogen-bond acceptors (Lipinski definition) is 7. The van der Waals surface area contributed by atoms with Crippen LogP contribution in [-0.2, 0) is 16.1 Å². The van der Waals surface area contributed by atoms with E-state index in [-0.39, 0.29) is 13.1 Å². The number of nitrogens with zero attached hydrogens (tertiary/aromatic N) is 2. The van der Waals surface area contributed by atoms with Gasteiger partial charge in [0.25, 0.3) is 0 Å². The van der Waals surface area contributed by atoms with E-state index in [0.29, 0.717) is 6.54 Å². The van der Waals surface area contributed by atoms with Gasteiger partial charge in [-0.15, -0.1) is 0 Å². The Morgan fingerprint density at radius 1 is 1.19 bits per heavy atom. The minimum Gasteiger partial charge on any atom is -0.453 e. The fraction of sp³-hybridized carbons (Fsp3) is 0.435. The summed E-state index contributed by atoms with van der Waals surface area (Å²) in [6.07, 6.45) is 0.179. The van der Waals surface area contributed by atoms with Crippen molar-refractivity contribution in [3.8, 4) is 11.3 Å². The number of alkyl carbamates (subject to hydrolysis) is 1. The van der Waals surface area contributed by atoms with E-state index in [2.05, 4.69) is 20.4 Å². The molecule has 9 heteroatoms. The normalized spacial score (nSPS) is 13.3. The van der Waals surface area contributed by atoms with Gasteiger partial charge in [-0.3, -0.25) is 15.6 Å². The van der Waals surface area contributed by atoms with Crippen molar-refractivity contribution in [2.45, 2.75) is 39.5 Å². The van der Waals surface area contributed by atoms with Crippen LogP contribution in [0.5, 0.6) is 0 Å². The Morgan fingerprint density at radius 3 is 2.44 bits per heavy atom. The number of aliphatic hydroxyl groups excluding tert-OH is 1. The maximum absolute atomic E-state index is 12.5. The van der Waals surface area contributed by atoms with Crippen LogP contribution >= 0.6 is 0 Å². The van der Waals surface area contributed by atoms with E-state index in [1.54, 1.807) is 6.20 Å². The lowest BCUT2D eigenvalue weighted by Gasteiger charge is -2.30. The molecule has 1 aromatic carbocycles. The van der Waals surface area contributed by atoms with Crippen LogP contribution in [0.1, 0.15) is 26.3 Å². The highest BCUT2D eigenvalue weighted by molar-refractivity contribution is 5.86. The highest BCUT2D eigenvalue weighted by atomic mass is 16.5. The predicted octanol–water partition coefficient (Wildman–Crippen LogP) is 1.67. The highest BCUT2D eigenvalue weighted by Crippen LogP contribution is 2.20. The quantitative estimate of drug-likeness (QED) is 0.343. The van der Waals surface area contributed by atoms with Crippen LogP contribution in [0.15, 0.2) is 48.7 Å². The summed E-state index contributed by atoms with van der Waals surface area (Å²) in [5.41, 5.74) is 2.35. The third-order valence-electron chi connectivity index (χ3n) is 4.83. The number of carbonyl (C=O) groups excluding carboxylic acids is 2. The number of nitrogens with one attached hydrogen (secondary N) is 2. The van der Waals surface area contributed by atoms with Crippen molar-refractivity contribution in [1.29, 1.82) is 0 Å². The molecule has 174 valence electrons. The molecule has 0 saturated carbocycles. The molecule has 0 saturated heterocycles. The lowest BCUT2D eigenvalue weighted by molar-refractivity contribution is -0.126. The third-order valence-corrected chi connectivity index (χ3v) is 4.83. The number of nitrogens with two attached hydrogens (primary N) is 1. The van der Waals surface area contributed by atoms with E-state index in [4.69, 9.17) is 5.84 Å². The average molecular weight is 444 g/mol. The summed E-state index contributed by atoms with van der Waals surface area (Å²) in [4.78, 5) is 28.4. The molecule has 9 nitrogen and oxygen atoms in total. The summed E-state index contributed by atoms with van der Waals surface area (Å²) in [6.45, 7) is 6.06. The number of hydrogen-bond donors (Lipinski definition) is 4. The Hall–Kier alpha value is -3.01. The molecule has 2 rings (SSSR count). The zero-order valence-electron chi connectivity index (χ0n) is 19.0. The Kier molecular flexibility index (Phi) is 9.13. The molecule has 0 aliphatic carbocycles. The van der Waals surface area contributed by atoms with E-state index in [1.165, 1.54) is 12.1 Å². The second-order valence-corrected chi connectivity index (χ2v) is 8.68. The second-order valence-electron chi connectivity index (χ2n) is 8.68. The van der Waals surface area contributed by atoms with E-state index in [9.17, 15) is 14.7 Å². The largest absolute Gasteiger partial charge is 0.453 e. The van der Waals surface area contributed by atoms with Gasteiger partial charge in [0.2, 0.25) is 5.91 Å². The Bertz CT molecular complexity index is 868. The van der Waals surface area contributed by atoms with E-state index in [0.717, 1.165) is 16.8 Å². The molecule has 2 aromatic rings. The van der Waals surface area contributed by atoms with Crippen LogP contribution in [0.25, 0.3) is 11.3 Å². The first-order chi connectivity index (χ1) is 15.1. The molecule has 2 amide bonds. The Balaban J connectivity index is 1.83. The van der Waals surface area contributed by atoms with Crippen LogP contribution < -0.4 is 16.5 Å². The molecular weight excluding hydrogens is 410 g/mol. The summed E-state index contributed by atoms with van der Waals surface area (Å²) in [6, 6.07) is 12.8. The maximum atomic E-state index is 12.5. The number of rotatable bonds is 9.